The van der Waals surface area contributed by atoms with E-state index in [0.717, 1.165) is 31.5 Å². The molecule has 1 heterocycles. The fourth-order valence-corrected chi connectivity index (χ4v) is 3.91. The van der Waals surface area contributed by atoms with E-state index in [4.69, 9.17) is 0 Å². The zero-order valence-corrected chi connectivity index (χ0v) is 15.0. The summed E-state index contributed by atoms with van der Waals surface area (Å²) < 4.78 is 25.6. The second kappa shape index (κ2) is 7.34. The fourth-order valence-electron chi connectivity index (χ4n) is 2.92. The molecule has 1 aliphatic rings. The Kier molecular flexibility index (Phi) is 5.68. The Balaban J connectivity index is 2.05. The van der Waals surface area contributed by atoms with E-state index in [1.165, 1.54) is 10.6 Å². The highest BCUT2D eigenvalue weighted by molar-refractivity contribution is 7.92. The summed E-state index contributed by atoms with van der Waals surface area (Å²) in [7, 11) is -3.41. The minimum Gasteiger partial charge on any atom is -0.343 e. The largest absolute Gasteiger partial charge is 0.343 e. The van der Waals surface area contributed by atoms with Gasteiger partial charge in [-0.1, -0.05) is 25.1 Å². The molecule has 0 bridgehead atoms. The second-order valence-electron chi connectivity index (χ2n) is 6.43. The van der Waals surface area contributed by atoms with Crippen molar-refractivity contribution in [1.82, 2.24) is 4.90 Å². The lowest BCUT2D eigenvalue weighted by molar-refractivity contribution is -0.132. The molecule has 128 valence electrons. The molecule has 0 radical (unpaired) electrons. The maximum Gasteiger partial charge on any atom is 0.232 e. The van der Waals surface area contributed by atoms with Crippen LogP contribution in [-0.4, -0.2) is 45.1 Å². The summed E-state index contributed by atoms with van der Waals surface area (Å²) >= 11 is 0. The van der Waals surface area contributed by atoms with Crippen molar-refractivity contribution < 1.29 is 13.2 Å². The van der Waals surface area contributed by atoms with Crippen LogP contribution >= 0.6 is 0 Å². The van der Waals surface area contributed by atoms with Gasteiger partial charge in [-0.05, 0) is 37.3 Å². The van der Waals surface area contributed by atoms with E-state index in [9.17, 15) is 13.2 Å². The standard InChI is InChI=1S/C17H26N2O3S/c1-14-8-11-18(12-9-14)17(20)10-13-19(23(3,21)22)16-7-5-4-6-15(16)2/h4-7,14H,8-13H2,1-3H3. The number of likely N-dealkylation sites (tertiary alicyclic amines) is 1. The maximum absolute atomic E-state index is 12.4. The predicted molar refractivity (Wildman–Crippen MR) is 93.0 cm³/mol. The Bertz CT molecular complexity index is 650. The Morgan fingerprint density at radius 2 is 1.87 bits per heavy atom. The van der Waals surface area contributed by atoms with E-state index in [2.05, 4.69) is 6.92 Å². The van der Waals surface area contributed by atoms with E-state index in [0.29, 0.717) is 11.6 Å². The molecule has 0 saturated carbocycles. The number of hydrogen-bond donors (Lipinski definition) is 0. The maximum atomic E-state index is 12.4. The number of carbonyl (C=O) groups is 1. The van der Waals surface area contributed by atoms with Crippen LogP contribution in [0.4, 0.5) is 5.69 Å². The third-order valence-corrected chi connectivity index (χ3v) is 5.63. The molecular formula is C17H26N2O3S. The molecule has 0 unspecified atom stereocenters. The first kappa shape index (κ1) is 17.8. The first-order valence-corrected chi connectivity index (χ1v) is 9.95. The van der Waals surface area contributed by atoms with Crippen LogP contribution in [0.25, 0.3) is 0 Å². The first-order chi connectivity index (χ1) is 10.8. The molecule has 0 spiro atoms. The average molecular weight is 338 g/mol. The smallest absolute Gasteiger partial charge is 0.232 e. The van der Waals surface area contributed by atoms with Crippen LogP contribution in [0.15, 0.2) is 24.3 Å². The molecule has 1 aliphatic heterocycles. The summed E-state index contributed by atoms with van der Waals surface area (Å²) in [5, 5.41) is 0. The topological polar surface area (TPSA) is 57.7 Å². The Hall–Kier alpha value is -1.56. The molecule has 1 aromatic rings. The van der Waals surface area contributed by atoms with Crippen molar-refractivity contribution in [3.05, 3.63) is 29.8 Å². The van der Waals surface area contributed by atoms with Gasteiger partial charge >= 0.3 is 0 Å². The van der Waals surface area contributed by atoms with Crippen LogP contribution in [0.1, 0.15) is 31.7 Å². The molecule has 5 nitrogen and oxygen atoms in total. The van der Waals surface area contributed by atoms with Crippen LogP contribution in [0, 0.1) is 12.8 Å². The van der Waals surface area contributed by atoms with Gasteiger partial charge in [0.2, 0.25) is 15.9 Å². The quantitative estimate of drug-likeness (QED) is 0.828. The molecule has 0 aliphatic carbocycles. The molecule has 1 amide bonds. The van der Waals surface area contributed by atoms with Crippen molar-refractivity contribution in [2.75, 3.05) is 30.2 Å². The van der Waals surface area contributed by atoms with Gasteiger partial charge in [0.15, 0.2) is 0 Å². The van der Waals surface area contributed by atoms with Gasteiger partial charge in [0, 0.05) is 26.1 Å². The van der Waals surface area contributed by atoms with Crippen molar-refractivity contribution in [3.63, 3.8) is 0 Å². The summed E-state index contributed by atoms with van der Waals surface area (Å²) in [5.41, 5.74) is 1.53. The van der Waals surface area contributed by atoms with E-state index in [1.807, 2.05) is 30.0 Å². The molecule has 6 heteroatoms. The number of piperidine rings is 1. The number of amides is 1. The normalized spacial score (nSPS) is 16.4. The van der Waals surface area contributed by atoms with E-state index < -0.39 is 10.0 Å². The van der Waals surface area contributed by atoms with Gasteiger partial charge in [-0.15, -0.1) is 0 Å². The van der Waals surface area contributed by atoms with Crippen molar-refractivity contribution in [2.24, 2.45) is 5.92 Å². The zero-order valence-electron chi connectivity index (χ0n) is 14.2. The monoisotopic (exact) mass is 338 g/mol. The first-order valence-electron chi connectivity index (χ1n) is 8.10. The fraction of sp³-hybridized carbons (Fsp3) is 0.588. The highest BCUT2D eigenvalue weighted by Gasteiger charge is 2.24. The lowest BCUT2D eigenvalue weighted by Gasteiger charge is -2.31. The molecule has 1 fully saturated rings. The van der Waals surface area contributed by atoms with Crippen LogP contribution in [0.5, 0.6) is 0 Å². The van der Waals surface area contributed by atoms with Gasteiger partial charge in [0.25, 0.3) is 0 Å². The Morgan fingerprint density at radius 1 is 1.26 bits per heavy atom. The summed E-state index contributed by atoms with van der Waals surface area (Å²) in [4.78, 5) is 14.2. The summed E-state index contributed by atoms with van der Waals surface area (Å²) in [6.07, 6.45) is 3.46. The number of nitrogens with zero attached hydrogens (tertiary/aromatic N) is 2. The van der Waals surface area contributed by atoms with Crippen LogP contribution in [0.2, 0.25) is 0 Å². The van der Waals surface area contributed by atoms with Gasteiger partial charge in [0.05, 0.1) is 11.9 Å². The molecule has 23 heavy (non-hydrogen) atoms. The minimum absolute atomic E-state index is 0.0409. The lowest BCUT2D eigenvalue weighted by Crippen LogP contribution is -2.40. The number of aryl methyl sites for hydroxylation is 1. The molecule has 1 aromatic carbocycles. The number of carbonyl (C=O) groups excluding carboxylic acids is 1. The molecule has 0 N–H and O–H groups in total. The second-order valence-corrected chi connectivity index (χ2v) is 8.34. The van der Waals surface area contributed by atoms with Crippen LogP contribution in [0.3, 0.4) is 0 Å². The number of sulfonamides is 1. The number of anilines is 1. The van der Waals surface area contributed by atoms with E-state index >= 15 is 0 Å². The molecular weight excluding hydrogens is 312 g/mol. The number of para-hydroxylation sites is 1. The Labute approximate surface area is 139 Å². The van der Waals surface area contributed by atoms with Gasteiger partial charge in [0.1, 0.15) is 0 Å². The SMILES string of the molecule is Cc1ccccc1N(CCC(=O)N1CCC(C)CC1)S(C)(=O)=O. The van der Waals surface area contributed by atoms with Gasteiger partial charge < -0.3 is 4.90 Å². The summed E-state index contributed by atoms with van der Waals surface area (Å²) in [6.45, 7) is 5.83. The van der Waals surface area contributed by atoms with Gasteiger partial charge in [-0.25, -0.2) is 8.42 Å². The molecule has 0 aromatic heterocycles. The lowest BCUT2D eigenvalue weighted by atomic mass is 9.99. The zero-order chi connectivity index (χ0) is 17.0. The van der Waals surface area contributed by atoms with Gasteiger partial charge in [-0.2, -0.15) is 0 Å². The van der Waals surface area contributed by atoms with Crippen LogP contribution < -0.4 is 4.31 Å². The highest BCUT2D eigenvalue weighted by Crippen LogP contribution is 2.23. The van der Waals surface area contributed by atoms with Gasteiger partial charge in [-0.3, -0.25) is 9.10 Å². The third-order valence-electron chi connectivity index (χ3n) is 4.45. The number of rotatable bonds is 5. The van der Waals surface area contributed by atoms with Crippen molar-refractivity contribution >= 4 is 21.6 Å². The number of hydrogen-bond acceptors (Lipinski definition) is 3. The predicted octanol–water partition coefficient (Wildman–Crippen LogP) is 2.41. The highest BCUT2D eigenvalue weighted by atomic mass is 32.2. The minimum atomic E-state index is -3.41. The van der Waals surface area contributed by atoms with E-state index in [-0.39, 0.29) is 18.9 Å². The summed E-state index contributed by atoms with van der Waals surface area (Å²) in [6, 6.07) is 7.35. The van der Waals surface area contributed by atoms with Crippen molar-refractivity contribution in [1.29, 1.82) is 0 Å². The molecule has 1 saturated heterocycles. The Morgan fingerprint density at radius 3 is 2.43 bits per heavy atom. The summed E-state index contributed by atoms with van der Waals surface area (Å²) in [5.74, 6) is 0.706. The molecule has 0 atom stereocenters. The number of benzene rings is 1. The van der Waals surface area contributed by atoms with E-state index in [1.54, 1.807) is 6.07 Å². The third kappa shape index (κ3) is 4.70. The van der Waals surface area contributed by atoms with Crippen molar-refractivity contribution in [3.8, 4) is 0 Å². The van der Waals surface area contributed by atoms with Crippen LogP contribution in [-0.2, 0) is 14.8 Å². The average Bonchev–Trinajstić information content (AvgIpc) is 2.48. The molecule has 2 rings (SSSR count). The van der Waals surface area contributed by atoms with Crippen molar-refractivity contribution in [2.45, 2.75) is 33.1 Å².